The summed E-state index contributed by atoms with van der Waals surface area (Å²) >= 11 is 0. The maximum absolute atomic E-state index is 2.56. The van der Waals surface area contributed by atoms with Crippen LogP contribution in [0.3, 0.4) is 0 Å². The molecule has 5 aromatic rings. The molecule has 0 saturated heterocycles. The number of anilines is 3. The summed E-state index contributed by atoms with van der Waals surface area (Å²) in [4.78, 5) is 2.56. The highest BCUT2D eigenvalue weighted by molar-refractivity contribution is 6.99. The molecule has 0 aliphatic carbocycles. The minimum atomic E-state index is -0.129. The van der Waals surface area contributed by atoms with Crippen LogP contribution < -0.4 is 21.3 Å². The van der Waals surface area contributed by atoms with Crippen molar-refractivity contribution in [3.05, 3.63) is 130 Å². The topological polar surface area (TPSA) is 3.24 Å². The Morgan fingerprint density at radius 2 is 1.27 bits per heavy atom. The van der Waals surface area contributed by atoms with Crippen molar-refractivity contribution >= 4 is 40.2 Å². The molecular weight excluding hydrogens is 481 g/mol. The van der Waals surface area contributed by atoms with Gasteiger partial charge in [0.05, 0.1) is 5.69 Å². The molecular formula is C38H36BN. The maximum atomic E-state index is 2.56. The van der Waals surface area contributed by atoms with Gasteiger partial charge in [0.25, 0.3) is 0 Å². The van der Waals surface area contributed by atoms with Crippen molar-refractivity contribution in [3.63, 3.8) is 0 Å². The third kappa shape index (κ3) is 3.48. The lowest BCUT2D eigenvalue weighted by Gasteiger charge is -2.46. The minimum Gasteiger partial charge on any atom is -0.311 e. The zero-order chi connectivity index (χ0) is 27.9. The molecule has 0 atom stereocenters. The van der Waals surface area contributed by atoms with Gasteiger partial charge in [-0.15, -0.1) is 0 Å². The highest BCUT2D eigenvalue weighted by atomic mass is 15.2. The summed E-state index contributed by atoms with van der Waals surface area (Å²) < 4.78 is 0. The molecule has 0 bridgehead atoms. The first-order valence-electron chi connectivity index (χ1n) is 14.5. The summed E-state index contributed by atoms with van der Waals surface area (Å²) in [7, 11) is 0. The van der Waals surface area contributed by atoms with Crippen molar-refractivity contribution in [2.24, 2.45) is 0 Å². The third-order valence-corrected chi connectivity index (χ3v) is 9.32. The van der Waals surface area contributed by atoms with E-state index in [0.717, 1.165) is 0 Å². The van der Waals surface area contributed by atoms with Gasteiger partial charge in [-0.3, -0.25) is 0 Å². The molecule has 0 amide bonds. The molecule has 0 fully saturated rings. The molecule has 196 valence electrons. The van der Waals surface area contributed by atoms with Crippen LogP contribution in [0.5, 0.6) is 0 Å². The minimum absolute atomic E-state index is 0.129. The van der Waals surface area contributed by atoms with E-state index in [9.17, 15) is 0 Å². The molecule has 5 aromatic carbocycles. The summed E-state index contributed by atoms with van der Waals surface area (Å²) in [6, 6.07) is 34.5. The number of nitrogens with zero attached hydrogens (tertiary/aromatic N) is 1. The third-order valence-electron chi connectivity index (χ3n) is 9.32. The molecule has 2 heteroatoms. The fourth-order valence-electron chi connectivity index (χ4n) is 7.81. The molecule has 2 heterocycles. The number of aryl methyl sites for hydroxylation is 5. The lowest BCUT2D eigenvalue weighted by atomic mass is 9.30. The smallest absolute Gasteiger partial charge is 0.247 e. The van der Waals surface area contributed by atoms with Crippen LogP contribution in [0.4, 0.5) is 17.1 Å². The molecule has 2 aliphatic heterocycles. The van der Waals surface area contributed by atoms with Gasteiger partial charge in [-0.25, -0.2) is 0 Å². The standard InChI is InChI=1S/C38H36BN/c1-23-13-17-33-32(21-23)39-31-16-15-29(28-11-9-8-10-12-28)22-30(31)38(6,7)35-25(3)14-18-34(36(35)39)40(33)37-26(4)19-24(2)20-27(37)5/h8-22H,1-7H3. The molecule has 0 unspecified atom stereocenters. The zero-order valence-electron chi connectivity index (χ0n) is 24.7. The van der Waals surface area contributed by atoms with Gasteiger partial charge < -0.3 is 4.90 Å². The van der Waals surface area contributed by atoms with Crippen molar-refractivity contribution in [1.29, 1.82) is 0 Å². The summed E-state index contributed by atoms with van der Waals surface area (Å²) in [6.45, 7) is 16.3. The van der Waals surface area contributed by atoms with E-state index in [1.807, 2.05) is 0 Å². The first-order chi connectivity index (χ1) is 19.2. The van der Waals surface area contributed by atoms with Crippen molar-refractivity contribution in [3.8, 4) is 11.1 Å². The van der Waals surface area contributed by atoms with Gasteiger partial charge >= 0.3 is 0 Å². The predicted octanol–water partition coefficient (Wildman–Crippen LogP) is 7.83. The SMILES string of the molecule is Cc1cc(C)c(N2c3ccc(C)cc3B3c4ccc(-c5ccccc5)cc4C(C)(C)c4c(C)ccc2c43)c(C)c1. The van der Waals surface area contributed by atoms with Crippen LogP contribution in [0.25, 0.3) is 11.1 Å². The van der Waals surface area contributed by atoms with Gasteiger partial charge in [0.2, 0.25) is 6.71 Å². The number of hydrogen-bond donors (Lipinski definition) is 0. The first kappa shape index (κ1) is 25.0. The summed E-state index contributed by atoms with van der Waals surface area (Å²) in [6.07, 6.45) is 0. The largest absolute Gasteiger partial charge is 0.311 e. The molecule has 1 nitrogen and oxygen atoms in total. The molecule has 0 spiro atoms. The van der Waals surface area contributed by atoms with E-state index in [-0.39, 0.29) is 12.1 Å². The van der Waals surface area contributed by atoms with Gasteiger partial charge in [0.15, 0.2) is 0 Å². The van der Waals surface area contributed by atoms with E-state index < -0.39 is 0 Å². The van der Waals surface area contributed by atoms with Crippen LogP contribution in [0.2, 0.25) is 0 Å². The van der Waals surface area contributed by atoms with E-state index in [4.69, 9.17) is 0 Å². The van der Waals surface area contributed by atoms with Gasteiger partial charge in [0.1, 0.15) is 0 Å². The second-order valence-electron chi connectivity index (χ2n) is 12.6. The molecule has 0 N–H and O–H groups in total. The monoisotopic (exact) mass is 517 g/mol. The summed E-state index contributed by atoms with van der Waals surface area (Å²) in [5.41, 5.74) is 20.2. The zero-order valence-corrected chi connectivity index (χ0v) is 24.7. The van der Waals surface area contributed by atoms with Gasteiger partial charge in [-0.1, -0.05) is 109 Å². The average molecular weight is 518 g/mol. The Morgan fingerprint density at radius 1 is 0.575 bits per heavy atom. The van der Waals surface area contributed by atoms with Crippen molar-refractivity contribution in [2.45, 2.75) is 53.9 Å². The highest BCUT2D eigenvalue weighted by Gasteiger charge is 2.46. The lowest BCUT2D eigenvalue weighted by Crippen LogP contribution is -2.64. The van der Waals surface area contributed by atoms with Gasteiger partial charge in [-0.05, 0) is 96.6 Å². The highest BCUT2D eigenvalue weighted by Crippen LogP contribution is 2.45. The van der Waals surface area contributed by atoms with Crippen LogP contribution in [0.15, 0.2) is 91.0 Å². The van der Waals surface area contributed by atoms with E-state index in [2.05, 4.69) is 144 Å². The van der Waals surface area contributed by atoms with Crippen molar-refractivity contribution in [2.75, 3.05) is 4.90 Å². The fourth-order valence-corrected chi connectivity index (χ4v) is 7.81. The molecule has 0 radical (unpaired) electrons. The molecule has 0 saturated carbocycles. The Balaban J connectivity index is 1.57. The second kappa shape index (κ2) is 8.73. The second-order valence-corrected chi connectivity index (χ2v) is 12.6. The Kier molecular flexibility index (Phi) is 5.45. The van der Waals surface area contributed by atoms with Crippen LogP contribution in [0, 0.1) is 34.6 Å². The van der Waals surface area contributed by atoms with E-state index in [1.54, 1.807) is 0 Å². The van der Waals surface area contributed by atoms with E-state index in [0.29, 0.717) is 0 Å². The molecule has 0 aromatic heterocycles. The maximum Gasteiger partial charge on any atom is 0.247 e. The van der Waals surface area contributed by atoms with Gasteiger partial charge in [0, 0.05) is 16.8 Å². The Bertz CT molecular complexity index is 1810. The number of rotatable bonds is 2. The predicted molar refractivity (Wildman–Crippen MR) is 173 cm³/mol. The van der Waals surface area contributed by atoms with E-state index >= 15 is 0 Å². The number of fused-ring (bicyclic) bond motifs is 4. The fraction of sp³-hybridized carbons (Fsp3) is 0.211. The van der Waals surface area contributed by atoms with Crippen LogP contribution in [-0.2, 0) is 5.41 Å². The molecule has 2 aliphatic rings. The Hall–Kier alpha value is -4.04. The normalized spacial score (nSPS) is 14.5. The van der Waals surface area contributed by atoms with Crippen LogP contribution >= 0.6 is 0 Å². The van der Waals surface area contributed by atoms with E-state index in [1.165, 1.54) is 83.5 Å². The number of benzene rings is 5. The average Bonchev–Trinajstić information content (AvgIpc) is 2.92. The first-order valence-corrected chi connectivity index (χ1v) is 14.5. The molecule has 40 heavy (non-hydrogen) atoms. The van der Waals surface area contributed by atoms with Crippen molar-refractivity contribution < 1.29 is 0 Å². The number of hydrogen-bond acceptors (Lipinski definition) is 1. The van der Waals surface area contributed by atoms with Crippen molar-refractivity contribution in [1.82, 2.24) is 0 Å². The Labute approximate surface area is 239 Å². The van der Waals surface area contributed by atoms with Gasteiger partial charge in [-0.2, -0.15) is 0 Å². The lowest BCUT2D eigenvalue weighted by molar-refractivity contribution is 0.641. The quantitative estimate of drug-likeness (QED) is 0.212. The summed E-state index contributed by atoms with van der Waals surface area (Å²) in [5, 5.41) is 0. The molecule has 7 rings (SSSR count). The van der Waals surface area contributed by atoms with Crippen LogP contribution in [0.1, 0.15) is 52.8 Å². The Morgan fingerprint density at radius 3 is 2.00 bits per heavy atom. The van der Waals surface area contributed by atoms with Crippen LogP contribution in [-0.4, -0.2) is 6.71 Å². The summed E-state index contributed by atoms with van der Waals surface area (Å²) in [5.74, 6) is 0.